The van der Waals surface area contributed by atoms with Gasteiger partial charge in [-0.1, -0.05) is 212 Å². The number of nitrogens with zero attached hydrogens (tertiary/aromatic N) is 13. The van der Waals surface area contributed by atoms with Gasteiger partial charge in [0.25, 0.3) is 0 Å². The quantitative estimate of drug-likeness (QED) is 0.0748. The van der Waals surface area contributed by atoms with Crippen molar-refractivity contribution in [3.63, 3.8) is 0 Å². The second-order valence-electron chi connectivity index (χ2n) is 27.6. The number of benzene rings is 15. The molecule has 21 aromatic rings. The van der Waals surface area contributed by atoms with Crippen molar-refractivity contribution in [3.8, 4) is 125 Å². The zero-order valence-electron chi connectivity index (χ0n) is 60.8. The zero-order valence-corrected chi connectivity index (χ0v) is 63.3. The van der Waals surface area contributed by atoms with Crippen LogP contribution in [0.3, 0.4) is 0 Å². The Bertz CT molecular complexity index is 7740. The minimum atomic E-state index is -1.73. The summed E-state index contributed by atoms with van der Waals surface area (Å²) in [5.41, 5.74) is 22.8. The predicted molar refractivity (Wildman–Crippen MR) is 458 cm³/mol. The fourth-order valence-electron chi connectivity index (χ4n) is 15.2. The Kier molecular flexibility index (Phi) is 18.5. The van der Waals surface area contributed by atoms with Gasteiger partial charge in [0.15, 0.2) is 23.3 Å². The highest BCUT2D eigenvalue weighted by atomic mass is 32.1. The lowest BCUT2D eigenvalue weighted by molar-refractivity contribution is 0.454. The van der Waals surface area contributed by atoms with Crippen molar-refractivity contribution in [2.45, 2.75) is 0 Å². The van der Waals surface area contributed by atoms with Crippen molar-refractivity contribution < 1.29 is 17.6 Å². The molecule has 0 unspecified atom stereocenters. The van der Waals surface area contributed by atoms with Crippen LogP contribution in [0.4, 0.5) is 17.6 Å². The smallest absolute Gasteiger partial charge is 0.180 e. The summed E-state index contributed by atoms with van der Waals surface area (Å²) < 4.78 is 84.7. The fourth-order valence-corrected chi connectivity index (χ4v) is 16.8. The van der Waals surface area contributed by atoms with Crippen LogP contribution in [0, 0.1) is 68.6 Å². The third kappa shape index (κ3) is 13.0. The van der Waals surface area contributed by atoms with Gasteiger partial charge in [0.2, 0.25) is 0 Å². The molecule has 6 heterocycles. The number of halogens is 4. The first kappa shape index (κ1) is 71.7. The molecule has 0 saturated carbocycles. The molecule has 0 bridgehead atoms. The number of nitriles is 4. The van der Waals surface area contributed by atoms with E-state index in [1.54, 1.807) is 30.3 Å². The average Bonchev–Trinajstić information content (AvgIpc) is 1.66. The number of hydrogen-bond acceptors (Lipinski definition) is 16. The zero-order chi connectivity index (χ0) is 79.4. The van der Waals surface area contributed by atoms with Crippen molar-refractivity contribution in [2.24, 2.45) is 0 Å². The van der Waals surface area contributed by atoms with E-state index in [2.05, 4.69) is 148 Å². The second kappa shape index (κ2) is 30.2. The molecule has 0 fully saturated rings. The summed E-state index contributed by atoms with van der Waals surface area (Å²) >= 11 is 3.62. The van der Waals surface area contributed by atoms with Gasteiger partial charge in [0, 0.05) is 70.7 Å². The summed E-state index contributed by atoms with van der Waals surface area (Å²) in [4.78, 5) is 15.1. The van der Waals surface area contributed by atoms with Gasteiger partial charge in [-0.25, -0.2) is 32.5 Å². The van der Waals surface area contributed by atoms with E-state index in [1.165, 1.54) is 35.6 Å². The van der Waals surface area contributed by atoms with Gasteiger partial charge in [-0.2, -0.15) is 47.3 Å². The van der Waals surface area contributed by atoms with Crippen molar-refractivity contribution in [3.05, 3.63) is 343 Å². The molecule has 15 aromatic carbocycles. The molecule has 0 atom stereocenters. The Balaban J connectivity index is 0.000000117. The number of fused-ring (bicyclic) bond motifs is 15. The number of hydrogen-bond donors (Lipinski definition) is 0. The highest BCUT2D eigenvalue weighted by molar-refractivity contribution is 7.00. The lowest BCUT2D eigenvalue weighted by atomic mass is 9.95. The second-order valence-corrected chi connectivity index (χ2v) is 29.1. The van der Waals surface area contributed by atoms with E-state index < -0.39 is 34.4 Å². The van der Waals surface area contributed by atoms with E-state index in [1.807, 2.05) is 152 Å². The number of para-hydroxylation sites is 2. The molecule has 0 aliphatic rings. The van der Waals surface area contributed by atoms with Gasteiger partial charge in [-0.15, -0.1) is 0 Å². The first-order chi connectivity index (χ1) is 57.5. The van der Waals surface area contributed by atoms with E-state index in [0.717, 1.165) is 194 Å². The maximum atomic E-state index is 14.6. The molecule has 6 aromatic heterocycles. The van der Waals surface area contributed by atoms with Gasteiger partial charge in [0.05, 0.1) is 109 Å². The van der Waals surface area contributed by atoms with E-state index in [-0.39, 0.29) is 5.56 Å². The van der Waals surface area contributed by atoms with E-state index in [0.29, 0.717) is 27.8 Å². The van der Waals surface area contributed by atoms with Crippen LogP contribution in [0.5, 0.6) is 0 Å². The molecule has 0 N–H and O–H groups in total. The van der Waals surface area contributed by atoms with E-state index in [4.69, 9.17) is 25.5 Å². The molecule has 13 nitrogen and oxygen atoms in total. The van der Waals surface area contributed by atoms with Crippen molar-refractivity contribution >= 4 is 133 Å². The van der Waals surface area contributed by atoms with Gasteiger partial charge in [-0.05, 0) is 141 Å². The Morgan fingerprint density at radius 2 is 0.581 bits per heavy atom. The topological polar surface area (TPSA) is 211 Å². The van der Waals surface area contributed by atoms with Crippen LogP contribution in [-0.4, -0.2) is 41.2 Å². The van der Waals surface area contributed by atoms with Crippen LogP contribution < -0.4 is 0 Å². The molecule has 548 valence electrons. The lowest BCUT2D eigenvalue weighted by Crippen LogP contribution is -2.03. The largest absolute Gasteiger partial charge is 0.247 e. The summed E-state index contributed by atoms with van der Waals surface area (Å²) in [7, 11) is 0. The summed E-state index contributed by atoms with van der Waals surface area (Å²) in [6.07, 6.45) is 0. The Morgan fingerprint density at radius 3 is 1.01 bits per heavy atom. The van der Waals surface area contributed by atoms with Crippen LogP contribution in [0.1, 0.15) is 22.3 Å². The SMILES string of the molecule is N#Cc1c(F)c(F)c(-c2ccc(-c3ccc4c(c3)nc(-c3ccccc3)c3ccc5nsnc5c34)cc2)c(F)c1F.N#Cc1ccc(-c2ccc(-c3ccc(-c4nc5ccccc5c5c4ccc4nsnc45)cc3)cc2)cc1.N#Cc1ccc(C#N)c(-c2ccc(-c3ccc(-c4nc5ccccc5c5c4ccc4nsnc45)cc3)cc2)c1. The fraction of sp³-hybridized carbons (Fsp3) is 0. The third-order valence-corrected chi connectivity index (χ3v) is 22.6. The molecule has 0 saturated heterocycles. The Morgan fingerprint density at radius 1 is 0.239 bits per heavy atom. The number of pyridine rings is 3. The van der Waals surface area contributed by atoms with Crippen molar-refractivity contribution in [1.82, 2.24) is 41.2 Å². The van der Waals surface area contributed by atoms with Crippen LogP contribution in [0.2, 0.25) is 0 Å². The summed E-state index contributed by atoms with van der Waals surface area (Å²) in [5, 5.41) is 46.0. The monoisotopic (exact) mass is 1570 g/mol. The van der Waals surface area contributed by atoms with Gasteiger partial charge in [0.1, 0.15) is 44.7 Å². The minimum Gasteiger partial charge on any atom is -0.247 e. The standard InChI is InChI=1S/C33H17N5S.C32H14F4N4S.C32H18N4S/c34-18-20-5-6-25(19-35)28(17-20)23-11-7-21(8-12-23)22-9-13-24(14-10-22)32-27-15-16-30-33(38-39-37-30)31(27)26-3-1-2-4-29(26)36-32;33-27-22(15-37)28(34)30(36)25(29(27)35)17-8-6-16(7-9-17)19-10-11-20-24(14-19)38-31(18-4-2-1-3-5-18)21-12-13-23-32(26(20)21)40-41-39-23;33-19-20-5-7-21(8-6-20)22-9-11-23(12-10-22)24-13-15-25(16-14-24)31-27-17-18-29-32(36-37-35-29)30(27)26-3-1-2-4-28(26)34-31/h1-17H;1-14H;1-18H. The number of rotatable bonds is 9. The molecule has 21 rings (SSSR count). The maximum Gasteiger partial charge on any atom is 0.180 e. The summed E-state index contributed by atoms with van der Waals surface area (Å²) in [6.45, 7) is 0. The van der Waals surface area contributed by atoms with Gasteiger partial charge >= 0.3 is 0 Å². The van der Waals surface area contributed by atoms with Crippen LogP contribution in [-0.2, 0) is 0 Å². The minimum absolute atomic E-state index is 0.0688. The number of aromatic nitrogens is 9. The van der Waals surface area contributed by atoms with E-state index >= 15 is 0 Å². The molecule has 0 aliphatic heterocycles. The molecular weight excluding hydrogens is 1520 g/mol. The normalized spacial score (nSPS) is 11.2. The van der Waals surface area contributed by atoms with Crippen LogP contribution in [0.25, 0.3) is 199 Å². The molecule has 117 heavy (non-hydrogen) atoms. The predicted octanol–water partition coefficient (Wildman–Crippen LogP) is 25.2. The van der Waals surface area contributed by atoms with Crippen molar-refractivity contribution in [2.75, 3.05) is 0 Å². The van der Waals surface area contributed by atoms with Crippen LogP contribution in [0.15, 0.2) is 297 Å². The molecule has 20 heteroatoms. The van der Waals surface area contributed by atoms with Gasteiger partial charge < -0.3 is 0 Å². The molecule has 0 spiro atoms. The van der Waals surface area contributed by atoms with Gasteiger partial charge in [-0.3, -0.25) is 0 Å². The molecular formula is C97H49F4N13S3. The molecule has 0 radical (unpaired) electrons. The highest BCUT2D eigenvalue weighted by Gasteiger charge is 2.27. The molecule has 0 aliphatic carbocycles. The highest BCUT2D eigenvalue weighted by Crippen LogP contribution is 2.43. The average molecular weight is 1570 g/mol. The summed E-state index contributed by atoms with van der Waals surface area (Å²) in [5.74, 6) is -6.69. The summed E-state index contributed by atoms with van der Waals surface area (Å²) in [6, 6.07) is 104. The van der Waals surface area contributed by atoms with Crippen molar-refractivity contribution in [1.29, 1.82) is 21.0 Å². The van der Waals surface area contributed by atoms with E-state index in [9.17, 15) is 28.1 Å². The first-order valence-electron chi connectivity index (χ1n) is 36.6. The Hall–Kier alpha value is -15.6. The lowest BCUT2D eigenvalue weighted by Gasteiger charge is -2.12. The molecule has 0 amide bonds. The maximum absolute atomic E-state index is 14.6. The van der Waals surface area contributed by atoms with Crippen LogP contribution >= 0.6 is 35.2 Å². The first-order valence-corrected chi connectivity index (χ1v) is 38.8. The Labute approximate surface area is 676 Å². The third-order valence-electron chi connectivity index (χ3n) is 21.0.